The largest absolute Gasteiger partial charge is 0.497 e. The molecule has 33 heavy (non-hydrogen) atoms. The second-order valence-electron chi connectivity index (χ2n) is 8.56. The van der Waals surface area contributed by atoms with Crippen molar-refractivity contribution >= 4 is 11.7 Å². The fourth-order valence-electron chi connectivity index (χ4n) is 4.66. The predicted octanol–water partition coefficient (Wildman–Crippen LogP) is 3.90. The molecular weight excluding hydrogens is 418 g/mol. The number of nitrogens with zero attached hydrogens (tertiary/aromatic N) is 3. The van der Waals surface area contributed by atoms with Gasteiger partial charge in [-0.1, -0.05) is 42.5 Å². The molecule has 2 aliphatic heterocycles. The van der Waals surface area contributed by atoms with Gasteiger partial charge in [-0.05, 0) is 30.5 Å². The van der Waals surface area contributed by atoms with Crippen molar-refractivity contribution in [3.8, 4) is 5.75 Å². The highest BCUT2D eigenvalue weighted by Gasteiger charge is 2.32. The number of rotatable bonds is 5. The molecule has 1 aromatic heterocycles. The lowest BCUT2D eigenvalue weighted by atomic mass is 9.89. The smallest absolute Gasteiger partial charge is 0.274 e. The molecule has 0 unspecified atom stereocenters. The number of ether oxygens (including phenoxy) is 2. The van der Waals surface area contributed by atoms with Crippen LogP contribution in [0.15, 0.2) is 60.9 Å². The molecule has 1 saturated heterocycles. The van der Waals surface area contributed by atoms with Crippen molar-refractivity contribution < 1.29 is 19.1 Å². The Morgan fingerprint density at radius 2 is 1.76 bits per heavy atom. The van der Waals surface area contributed by atoms with Gasteiger partial charge in [-0.15, -0.1) is 0 Å². The van der Waals surface area contributed by atoms with Crippen LogP contribution >= 0.6 is 0 Å². The van der Waals surface area contributed by atoms with Crippen molar-refractivity contribution in [1.29, 1.82) is 0 Å². The van der Waals surface area contributed by atoms with E-state index in [1.807, 2.05) is 64.1 Å². The van der Waals surface area contributed by atoms with Gasteiger partial charge >= 0.3 is 0 Å². The first-order chi connectivity index (χ1) is 16.1. The fourth-order valence-corrected chi connectivity index (χ4v) is 4.66. The molecule has 2 aliphatic rings. The number of methoxy groups -OCH3 is 1. The van der Waals surface area contributed by atoms with Crippen LogP contribution in [-0.4, -0.2) is 46.3 Å². The van der Waals surface area contributed by atoms with Gasteiger partial charge in [-0.25, -0.2) is 4.98 Å². The zero-order valence-corrected chi connectivity index (χ0v) is 18.6. The number of piperidine rings is 1. The van der Waals surface area contributed by atoms with E-state index in [1.165, 1.54) is 0 Å². The van der Waals surface area contributed by atoms with E-state index in [1.54, 1.807) is 13.4 Å². The van der Waals surface area contributed by atoms with Crippen LogP contribution in [0.3, 0.4) is 0 Å². The van der Waals surface area contributed by atoms with E-state index in [0.29, 0.717) is 44.8 Å². The lowest BCUT2D eigenvalue weighted by Gasteiger charge is -2.31. The van der Waals surface area contributed by atoms with Gasteiger partial charge in [0, 0.05) is 24.6 Å². The van der Waals surface area contributed by atoms with E-state index in [9.17, 15) is 9.59 Å². The summed E-state index contributed by atoms with van der Waals surface area (Å²) < 4.78 is 13.3. The molecule has 7 nitrogen and oxygen atoms in total. The Bertz CT molecular complexity index is 1130. The zero-order valence-electron chi connectivity index (χ0n) is 18.6. The molecule has 3 aromatic rings. The number of benzene rings is 2. The second kappa shape index (κ2) is 9.19. The minimum absolute atomic E-state index is 0.0408. The maximum Gasteiger partial charge on any atom is 0.274 e. The van der Waals surface area contributed by atoms with Crippen molar-refractivity contribution in [2.45, 2.75) is 32.1 Å². The summed E-state index contributed by atoms with van der Waals surface area (Å²) in [6.45, 7) is 2.06. The summed E-state index contributed by atoms with van der Waals surface area (Å²) in [5, 5.41) is 0. The first kappa shape index (κ1) is 21.4. The van der Waals surface area contributed by atoms with Gasteiger partial charge in [-0.2, -0.15) is 0 Å². The van der Waals surface area contributed by atoms with E-state index in [2.05, 4.69) is 4.98 Å². The van der Waals surface area contributed by atoms with Crippen molar-refractivity contribution in [3.63, 3.8) is 0 Å². The van der Waals surface area contributed by atoms with E-state index >= 15 is 0 Å². The number of likely N-dealkylation sites (tertiary alicyclic amines) is 1. The summed E-state index contributed by atoms with van der Waals surface area (Å²) in [5.41, 5.74) is 3.07. The van der Waals surface area contributed by atoms with Crippen molar-refractivity contribution in [2.24, 2.45) is 5.92 Å². The average molecular weight is 446 g/mol. The summed E-state index contributed by atoms with van der Waals surface area (Å²) in [4.78, 5) is 32.2. The van der Waals surface area contributed by atoms with Crippen LogP contribution in [0, 0.1) is 5.92 Å². The third kappa shape index (κ3) is 4.28. The summed E-state index contributed by atoms with van der Waals surface area (Å²) >= 11 is 0. The number of amides is 1. The van der Waals surface area contributed by atoms with Gasteiger partial charge in [0.25, 0.3) is 5.91 Å². The lowest BCUT2D eigenvalue weighted by Crippen LogP contribution is -2.41. The number of aromatic nitrogens is 2. The van der Waals surface area contributed by atoms with Crippen LogP contribution in [-0.2, 0) is 17.9 Å². The highest BCUT2D eigenvalue weighted by Crippen LogP contribution is 2.30. The number of carbonyl (C=O) groups is 2. The van der Waals surface area contributed by atoms with Crippen LogP contribution in [0.2, 0.25) is 0 Å². The van der Waals surface area contributed by atoms with Gasteiger partial charge in [0.2, 0.25) is 0 Å². The topological polar surface area (TPSA) is 73.7 Å². The molecule has 2 aromatic carbocycles. The molecular formula is C26H27N3O4. The minimum Gasteiger partial charge on any atom is -0.497 e. The molecule has 1 fully saturated rings. The predicted molar refractivity (Wildman–Crippen MR) is 122 cm³/mol. The number of hydrogen-bond acceptors (Lipinski definition) is 5. The Kier molecular flexibility index (Phi) is 5.96. The number of hydrogen-bond donors (Lipinski definition) is 0. The normalized spacial score (nSPS) is 18.6. The molecule has 0 spiro atoms. The van der Waals surface area contributed by atoms with E-state index in [0.717, 1.165) is 22.6 Å². The summed E-state index contributed by atoms with van der Waals surface area (Å²) in [7, 11) is 1.64. The van der Waals surface area contributed by atoms with Crippen LogP contribution in [0.5, 0.6) is 5.75 Å². The van der Waals surface area contributed by atoms with Crippen molar-refractivity contribution in [3.05, 3.63) is 83.4 Å². The molecule has 0 saturated carbocycles. The highest BCUT2D eigenvalue weighted by molar-refractivity contribution is 5.98. The Morgan fingerprint density at radius 3 is 2.45 bits per heavy atom. The Labute approximate surface area is 192 Å². The van der Waals surface area contributed by atoms with Crippen LogP contribution in [0.4, 0.5) is 0 Å². The Morgan fingerprint density at radius 1 is 1.03 bits per heavy atom. The third-order valence-corrected chi connectivity index (χ3v) is 6.63. The molecule has 0 aliphatic carbocycles. The van der Waals surface area contributed by atoms with Crippen LogP contribution < -0.4 is 4.74 Å². The van der Waals surface area contributed by atoms with E-state index in [-0.39, 0.29) is 23.7 Å². The number of carbonyl (C=O) groups excluding carboxylic acids is 2. The number of ketones is 1. The van der Waals surface area contributed by atoms with Gasteiger partial charge in [0.05, 0.1) is 32.3 Å². The van der Waals surface area contributed by atoms with Gasteiger partial charge in [0.1, 0.15) is 11.9 Å². The second-order valence-corrected chi connectivity index (χ2v) is 8.56. The molecule has 0 N–H and O–H groups in total. The molecule has 0 radical (unpaired) electrons. The van der Waals surface area contributed by atoms with E-state index in [4.69, 9.17) is 9.47 Å². The Hall–Kier alpha value is -3.45. The molecule has 0 bridgehead atoms. The fraction of sp³-hybridized carbons (Fsp3) is 0.346. The number of imidazole rings is 1. The number of fused-ring (bicyclic) bond motifs is 1. The minimum atomic E-state index is -0.0969. The summed E-state index contributed by atoms with van der Waals surface area (Å²) in [6.07, 6.45) is 2.98. The monoisotopic (exact) mass is 445 g/mol. The third-order valence-electron chi connectivity index (χ3n) is 6.63. The number of Topliss-reactive ketones (excluding diaryl/α,β-unsaturated/α-hetero) is 1. The molecule has 1 atom stereocenters. The zero-order chi connectivity index (χ0) is 22.8. The molecule has 170 valence electrons. The van der Waals surface area contributed by atoms with Crippen molar-refractivity contribution in [1.82, 2.24) is 14.5 Å². The SMILES string of the molecule is COc1ccc([C@H]2Cn3cnc(C(=O)N4CCC(C(=O)c5ccccc5)CC4)c3CO2)cc1. The summed E-state index contributed by atoms with van der Waals surface area (Å²) in [5.74, 6) is 0.849. The van der Waals surface area contributed by atoms with Gasteiger partial charge in [0.15, 0.2) is 11.5 Å². The van der Waals surface area contributed by atoms with Crippen molar-refractivity contribution in [2.75, 3.05) is 20.2 Å². The standard InChI is InChI=1S/C26H27N3O4/c1-32-21-9-7-18(8-10-21)23-15-29-17-27-24(22(29)16-33-23)26(31)28-13-11-20(12-14-28)25(30)19-5-3-2-4-6-19/h2-10,17,20,23H,11-16H2,1H3/t23-/m1/s1. The maximum atomic E-state index is 13.2. The average Bonchev–Trinajstić information content (AvgIpc) is 3.32. The molecule has 5 rings (SSSR count). The quantitative estimate of drug-likeness (QED) is 0.557. The molecule has 1 amide bonds. The lowest BCUT2D eigenvalue weighted by molar-refractivity contribution is 0.00226. The van der Waals surface area contributed by atoms with E-state index < -0.39 is 0 Å². The van der Waals surface area contributed by atoms with Crippen LogP contribution in [0.25, 0.3) is 0 Å². The molecule has 3 heterocycles. The van der Waals surface area contributed by atoms with Gasteiger partial charge < -0.3 is 18.9 Å². The first-order valence-electron chi connectivity index (χ1n) is 11.3. The highest BCUT2D eigenvalue weighted by atomic mass is 16.5. The van der Waals surface area contributed by atoms with Crippen LogP contribution in [0.1, 0.15) is 51.0 Å². The Balaban J connectivity index is 1.22. The molecule has 7 heteroatoms. The van der Waals surface area contributed by atoms with Gasteiger partial charge in [-0.3, -0.25) is 9.59 Å². The maximum absolute atomic E-state index is 13.2. The summed E-state index contributed by atoms with van der Waals surface area (Å²) in [6, 6.07) is 17.2. The first-order valence-corrected chi connectivity index (χ1v) is 11.3.